The average Bonchev–Trinajstić information content (AvgIpc) is 2.91. The van der Waals surface area contributed by atoms with Crippen LogP contribution < -0.4 is 5.32 Å². The van der Waals surface area contributed by atoms with Crippen LogP contribution in [0.3, 0.4) is 0 Å². The van der Waals surface area contributed by atoms with Gasteiger partial charge in [0.25, 0.3) is 5.22 Å². The van der Waals surface area contributed by atoms with E-state index in [1.807, 2.05) is 38.1 Å². The quantitative estimate of drug-likeness (QED) is 0.745. The van der Waals surface area contributed by atoms with Gasteiger partial charge in [0, 0.05) is 11.9 Å². The van der Waals surface area contributed by atoms with Crippen LogP contribution in [0.15, 0.2) is 52.2 Å². The molecule has 3 rings (SSSR count). The van der Waals surface area contributed by atoms with Crippen LogP contribution in [-0.2, 0) is 4.79 Å². The molecule has 0 aliphatic carbocycles. The number of pyridine rings is 1. The minimum atomic E-state index is -0.326. The lowest BCUT2D eigenvalue weighted by molar-refractivity contribution is -0.115. The van der Waals surface area contributed by atoms with Gasteiger partial charge in [-0.1, -0.05) is 30.0 Å². The summed E-state index contributed by atoms with van der Waals surface area (Å²) < 4.78 is 5.57. The van der Waals surface area contributed by atoms with E-state index in [1.165, 1.54) is 11.8 Å². The summed E-state index contributed by atoms with van der Waals surface area (Å²) in [6.45, 7) is 3.78. The lowest BCUT2D eigenvalue weighted by Gasteiger charge is -2.11. The summed E-state index contributed by atoms with van der Waals surface area (Å²) in [7, 11) is 0. The topological polar surface area (TPSA) is 68.0 Å². The Labute approximate surface area is 132 Å². The number of aryl methyl sites for hydroxylation is 1. The van der Waals surface area contributed by atoms with Gasteiger partial charge in [0.2, 0.25) is 5.91 Å². The van der Waals surface area contributed by atoms with Crippen molar-refractivity contribution in [2.45, 2.75) is 24.3 Å². The molecule has 112 valence electrons. The average molecular weight is 313 g/mol. The molecule has 0 aliphatic heterocycles. The minimum Gasteiger partial charge on any atom is -0.430 e. The van der Waals surface area contributed by atoms with E-state index in [9.17, 15) is 4.79 Å². The third-order valence-electron chi connectivity index (χ3n) is 3.20. The van der Waals surface area contributed by atoms with Crippen molar-refractivity contribution in [3.8, 4) is 0 Å². The zero-order valence-electron chi connectivity index (χ0n) is 12.2. The molecule has 0 aliphatic rings. The maximum absolute atomic E-state index is 12.3. The predicted octanol–water partition coefficient (Wildman–Crippen LogP) is 3.65. The molecule has 1 amide bonds. The van der Waals surface area contributed by atoms with Crippen LogP contribution in [0.25, 0.3) is 11.2 Å². The zero-order valence-corrected chi connectivity index (χ0v) is 13.1. The molecule has 0 radical (unpaired) electrons. The van der Waals surface area contributed by atoms with Crippen molar-refractivity contribution in [2.75, 3.05) is 5.32 Å². The van der Waals surface area contributed by atoms with Crippen molar-refractivity contribution in [3.05, 3.63) is 48.2 Å². The SMILES string of the molecule is Cc1ccccc1NC(=O)[C@@H](C)Sc1nc2ncccc2o1. The lowest BCUT2D eigenvalue weighted by Crippen LogP contribution is -2.22. The maximum atomic E-state index is 12.3. The van der Waals surface area contributed by atoms with Gasteiger partial charge in [-0.05, 0) is 37.6 Å². The van der Waals surface area contributed by atoms with E-state index in [1.54, 1.807) is 18.3 Å². The first-order valence-electron chi connectivity index (χ1n) is 6.88. The van der Waals surface area contributed by atoms with Gasteiger partial charge < -0.3 is 9.73 Å². The van der Waals surface area contributed by atoms with Crippen LogP contribution in [0.1, 0.15) is 12.5 Å². The van der Waals surface area contributed by atoms with Crippen LogP contribution in [0.4, 0.5) is 5.69 Å². The van der Waals surface area contributed by atoms with Crippen molar-refractivity contribution in [1.29, 1.82) is 0 Å². The van der Waals surface area contributed by atoms with Gasteiger partial charge in [0.05, 0.1) is 5.25 Å². The first kappa shape index (κ1) is 14.6. The van der Waals surface area contributed by atoms with Gasteiger partial charge in [-0.3, -0.25) is 4.79 Å². The number of para-hydroxylation sites is 1. The summed E-state index contributed by atoms with van der Waals surface area (Å²) in [6, 6.07) is 11.3. The molecule has 22 heavy (non-hydrogen) atoms. The Bertz CT molecular complexity index is 783. The van der Waals surface area contributed by atoms with Crippen LogP contribution in [-0.4, -0.2) is 21.1 Å². The minimum absolute atomic E-state index is 0.0884. The van der Waals surface area contributed by atoms with E-state index in [0.717, 1.165) is 11.3 Å². The maximum Gasteiger partial charge on any atom is 0.259 e. The van der Waals surface area contributed by atoms with E-state index in [-0.39, 0.29) is 11.2 Å². The van der Waals surface area contributed by atoms with E-state index in [2.05, 4.69) is 15.3 Å². The molecule has 0 saturated carbocycles. The molecule has 0 fully saturated rings. The zero-order chi connectivity index (χ0) is 15.5. The van der Waals surface area contributed by atoms with Gasteiger partial charge in [0.1, 0.15) is 0 Å². The van der Waals surface area contributed by atoms with Crippen molar-refractivity contribution >= 4 is 34.6 Å². The Hall–Kier alpha value is -2.34. The monoisotopic (exact) mass is 313 g/mol. The number of carbonyl (C=O) groups is 1. The Balaban J connectivity index is 1.69. The van der Waals surface area contributed by atoms with Crippen LogP contribution in [0.2, 0.25) is 0 Å². The largest absolute Gasteiger partial charge is 0.430 e. The number of hydrogen-bond donors (Lipinski definition) is 1. The molecule has 2 heterocycles. The molecule has 2 aromatic heterocycles. The number of aromatic nitrogens is 2. The Morgan fingerprint density at radius 3 is 2.86 bits per heavy atom. The van der Waals surface area contributed by atoms with Gasteiger partial charge >= 0.3 is 0 Å². The highest BCUT2D eigenvalue weighted by atomic mass is 32.2. The number of rotatable bonds is 4. The summed E-state index contributed by atoms with van der Waals surface area (Å²) in [5.41, 5.74) is 3.02. The predicted molar refractivity (Wildman–Crippen MR) is 86.9 cm³/mol. The first-order chi connectivity index (χ1) is 10.6. The van der Waals surface area contributed by atoms with Gasteiger partial charge in [-0.25, -0.2) is 4.98 Å². The number of benzene rings is 1. The number of carbonyl (C=O) groups excluding carboxylic acids is 1. The Kier molecular flexibility index (Phi) is 4.11. The number of thioether (sulfide) groups is 1. The summed E-state index contributed by atoms with van der Waals surface area (Å²) in [6.07, 6.45) is 1.66. The molecule has 6 heteroatoms. The summed E-state index contributed by atoms with van der Waals surface area (Å²) in [5, 5.41) is 3.04. The van der Waals surface area contributed by atoms with Crippen LogP contribution in [0.5, 0.6) is 0 Å². The molecule has 1 atom stereocenters. The summed E-state index contributed by atoms with van der Waals surface area (Å²) in [4.78, 5) is 20.6. The highest BCUT2D eigenvalue weighted by Gasteiger charge is 2.18. The molecular weight excluding hydrogens is 298 g/mol. The highest BCUT2D eigenvalue weighted by Crippen LogP contribution is 2.26. The molecule has 1 N–H and O–H groups in total. The molecular formula is C16H15N3O2S. The van der Waals surface area contributed by atoms with Crippen LogP contribution >= 0.6 is 11.8 Å². The number of hydrogen-bond acceptors (Lipinski definition) is 5. The number of fused-ring (bicyclic) bond motifs is 1. The fourth-order valence-electron chi connectivity index (χ4n) is 1.95. The number of oxazole rings is 1. The van der Waals surface area contributed by atoms with Gasteiger partial charge in [-0.2, -0.15) is 4.98 Å². The number of nitrogens with zero attached hydrogens (tertiary/aromatic N) is 2. The third kappa shape index (κ3) is 3.12. The van der Waals surface area contributed by atoms with Crippen molar-refractivity contribution in [1.82, 2.24) is 9.97 Å². The fourth-order valence-corrected chi connectivity index (χ4v) is 2.70. The molecule has 1 aromatic carbocycles. The summed E-state index contributed by atoms with van der Waals surface area (Å²) >= 11 is 1.27. The molecule has 5 nitrogen and oxygen atoms in total. The second-order valence-corrected chi connectivity index (χ2v) is 6.16. The van der Waals surface area contributed by atoms with Gasteiger partial charge in [-0.15, -0.1) is 0 Å². The van der Waals surface area contributed by atoms with Gasteiger partial charge in [0.15, 0.2) is 11.2 Å². The van der Waals surface area contributed by atoms with E-state index >= 15 is 0 Å². The summed E-state index contributed by atoms with van der Waals surface area (Å²) in [5.74, 6) is -0.0884. The molecule has 0 bridgehead atoms. The standard InChI is InChI=1S/C16H15N3O2S/c1-10-6-3-4-7-12(10)18-15(20)11(2)22-16-19-14-13(21-16)8-5-9-17-14/h3-9,11H,1-2H3,(H,18,20)/t11-/m1/s1. The van der Waals surface area contributed by atoms with Crippen LogP contribution in [0, 0.1) is 6.92 Å². The first-order valence-corrected chi connectivity index (χ1v) is 7.76. The van der Waals surface area contributed by atoms with E-state index in [4.69, 9.17) is 4.42 Å². The van der Waals surface area contributed by atoms with Crippen molar-refractivity contribution in [3.63, 3.8) is 0 Å². The smallest absolute Gasteiger partial charge is 0.259 e. The number of amides is 1. The number of nitrogens with one attached hydrogen (secondary N) is 1. The molecule has 3 aromatic rings. The lowest BCUT2D eigenvalue weighted by atomic mass is 10.2. The fraction of sp³-hybridized carbons (Fsp3) is 0.188. The Morgan fingerprint density at radius 1 is 1.27 bits per heavy atom. The number of anilines is 1. The second kappa shape index (κ2) is 6.19. The van der Waals surface area contributed by atoms with E-state index < -0.39 is 0 Å². The highest BCUT2D eigenvalue weighted by molar-refractivity contribution is 8.00. The third-order valence-corrected chi connectivity index (χ3v) is 4.14. The molecule has 0 spiro atoms. The second-order valence-electron chi connectivity index (χ2n) is 4.87. The van der Waals surface area contributed by atoms with Crippen molar-refractivity contribution < 1.29 is 9.21 Å². The molecule has 0 unspecified atom stereocenters. The van der Waals surface area contributed by atoms with E-state index in [0.29, 0.717) is 16.5 Å². The Morgan fingerprint density at radius 2 is 2.09 bits per heavy atom. The van der Waals surface area contributed by atoms with Crippen molar-refractivity contribution in [2.24, 2.45) is 0 Å². The normalized spacial score (nSPS) is 12.3. The molecule has 0 saturated heterocycles.